The Bertz CT molecular complexity index is 965. The first kappa shape index (κ1) is 16.5. The first-order valence-electron chi connectivity index (χ1n) is 9.25. The van der Waals surface area contributed by atoms with Crippen LogP contribution in [0.5, 0.6) is 0 Å². The maximum Gasteiger partial charge on any atom is 0.233 e. The van der Waals surface area contributed by atoms with Crippen molar-refractivity contribution in [3.63, 3.8) is 0 Å². The fourth-order valence-electron chi connectivity index (χ4n) is 3.89. The number of nitrogens with zero attached hydrogens (tertiary/aromatic N) is 4. The molecule has 0 N–H and O–H groups in total. The Morgan fingerprint density at radius 1 is 0.963 bits per heavy atom. The third-order valence-corrected chi connectivity index (χ3v) is 5.68. The van der Waals surface area contributed by atoms with Crippen LogP contribution in [-0.2, 0) is 4.79 Å². The van der Waals surface area contributed by atoms with Crippen molar-refractivity contribution in [1.82, 2.24) is 14.8 Å². The summed E-state index contributed by atoms with van der Waals surface area (Å²) in [5.74, 6) is 0.910. The highest BCUT2D eigenvalue weighted by Gasteiger charge is 2.44. The molecule has 2 heterocycles. The molecule has 1 aliphatic carbocycles. The van der Waals surface area contributed by atoms with Crippen molar-refractivity contribution in [3.05, 3.63) is 77.1 Å². The molecule has 5 rings (SSSR count). The molecule has 1 aromatic heterocycles. The van der Waals surface area contributed by atoms with Crippen LogP contribution in [0.15, 0.2) is 60.9 Å². The smallest absolute Gasteiger partial charge is 0.233 e. The fraction of sp³-hybridized carbons (Fsp3) is 0.286. The van der Waals surface area contributed by atoms with E-state index in [0.29, 0.717) is 11.0 Å². The van der Waals surface area contributed by atoms with Gasteiger partial charge in [-0.15, -0.1) is 0 Å². The minimum atomic E-state index is -0.0586. The zero-order chi connectivity index (χ0) is 18.4. The average Bonchev–Trinajstić information content (AvgIpc) is 3.44. The van der Waals surface area contributed by atoms with Gasteiger partial charge in [0.1, 0.15) is 6.33 Å². The summed E-state index contributed by atoms with van der Waals surface area (Å²) in [7, 11) is 0. The van der Waals surface area contributed by atoms with Crippen LogP contribution in [0.3, 0.4) is 0 Å². The molecule has 6 heteroatoms. The van der Waals surface area contributed by atoms with Gasteiger partial charge in [-0.05, 0) is 42.5 Å². The quantitative estimate of drug-likeness (QED) is 0.678. The fourth-order valence-corrected chi connectivity index (χ4v) is 4.02. The lowest BCUT2D eigenvalue weighted by Gasteiger charge is -2.39. The highest BCUT2D eigenvalue weighted by Crippen LogP contribution is 2.44. The highest BCUT2D eigenvalue weighted by molar-refractivity contribution is 6.30. The molecule has 136 valence electrons. The second-order valence-corrected chi connectivity index (χ2v) is 7.65. The second-order valence-electron chi connectivity index (χ2n) is 7.22. The Labute approximate surface area is 162 Å². The maximum absolute atomic E-state index is 13.1. The van der Waals surface area contributed by atoms with Crippen molar-refractivity contribution in [3.8, 4) is 0 Å². The monoisotopic (exact) mass is 378 g/mol. The van der Waals surface area contributed by atoms with Crippen molar-refractivity contribution >= 4 is 23.5 Å². The Morgan fingerprint density at radius 3 is 2.37 bits per heavy atom. The molecule has 1 aliphatic heterocycles. The summed E-state index contributed by atoms with van der Waals surface area (Å²) in [6.45, 7) is 0. The lowest BCUT2D eigenvalue weighted by Crippen LogP contribution is -2.43. The first-order chi connectivity index (χ1) is 13.2. The van der Waals surface area contributed by atoms with Gasteiger partial charge >= 0.3 is 0 Å². The number of carbonyl (C=O) groups is 1. The van der Waals surface area contributed by atoms with E-state index in [-0.39, 0.29) is 23.9 Å². The molecular weight excluding hydrogens is 360 g/mol. The van der Waals surface area contributed by atoms with Crippen molar-refractivity contribution in [2.75, 3.05) is 4.90 Å². The average molecular weight is 379 g/mol. The molecule has 2 atom stereocenters. The minimum Gasteiger partial charge on any atom is -0.274 e. The molecule has 2 aliphatic rings. The topological polar surface area (TPSA) is 51.0 Å². The van der Waals surface area contributed by atoms with E-state index < -0.39 is 0 Å². The van der Waals surface area contributed by atoms with Gasteiger partial charge in [-0.25, -0.2) is 4.68 Å². The van der Waals surface area contributed by atoms with E-state index in [1.807, 2.05) is 52.0 Å². The molecular formula is C21H19ClN4O. The summed E-state index contributed by atoms with van der Waals surface area (Å²) >= 11 is 6.07. The van der Waals surface area contributed by atoms with Crippen LogP contribution >= 0.6 is 11.6 Å². The Balaban J connectivity index is 1.62. The van der Waals surface area contributed by atoms with Gasteiger partial charge < -0.3 is 0 Å². The predicted octanol–water partition coefficient (Wildman–Crippen LogP) is 4.41. The van der Waals surface area contributed by atoms with Crippen LogP contribution < -0.4 is 4.90 Å². The van der Waals surface area contributed by atoms with Crippen LogP contribution in [-0.4, -0.2) is 20.7 Å². The van der Waals surface area contributed by atoms with Gasteiger partial charge in [-0.3, -0.25) is 9.69 Å². The largest absolute Gasteiger partial charge is 0.274 e. The zero-order valence-corrected chi connectivity index (χ0v) is 15.5. The number of carbonyl (C=O) groups excluding carboxylic acids is 1. The predicted molar refractivity (Wildman–Crippen MR) is 104 cm³/mol. The number of halogens is 1. The van der Waals surface area contributed by atoms with Crippen LogP contribution in [0.1, 0.15) is 42.5 Å². The van der Waals surface area contributed by atoms with E-state index in [1.165, 1.54) is 0 Å². The number of aromatic nitrogens is 3. The molecule has 0 radical (unpaired) electrons. The molecule has 0 spiro atoms. The molecule has 0 bridgehead atoms. The van der Waals surface area contributed by atoms with Gasteiger partial charge in [-0.2, -0.15) is 10.1 Å². The van der Waals surface area contributed by atoms with Gasteiger partial charge in [0.05, 0.1) is 12.1 Å². The molecule has 0 saturated heterocycles. The summed E-state index contributed by atoms with van der Waals surface area (Å²) in [5.41, 5.74) is 2.24. The van der Waals surface area contributed by atoms with Crippen LogP contribution in [0.25, 0.3) is 0 Å². The van der Waals surface area contributed by atoms with Crippen LogP contribution in [0.4, 0.5) is 5.95 Å². The number of anilines is 1. The summed E-state index contributed by atoms with van der Waals surface area (Å²) in [6.07, 6.45) is 4.22. The van der Waals surface area contributed by atoms with E-state index in [0.717, 1.165) is 30.4 Å². The number of fused-ring (bicyclic) bond motifs is 1. The minimum absolute atomic E-state index is 0.00762. The lowest BCUT2D eigenvalue weighted by molar-refractivity contribution is -0.120. The van der Waals surface area contributed by atoms with Crippen LogP contribution in [0.2, 0.25) is 5.02 Å². The van der Waals surface area contributed by atoms with Crippen LogP contribution in [0, 0.1) is 5.92 Å². The number of rotatable bonds is 3. The SMILES string of the molecule is O=C(C1CC1)N1c2ncnn2[C@@H](c2ccc(Cl)cc2)C[C@@H]1c1ccccc1. The number of hydrogen-bond donors (Lipinski definition) is 0. The summed E-state index contributed by atoms with van der Waals surface area (Å²) in [5, 5.41) is 5.16. The van der Waals surface area contributed by atoms with Gasteiger partial charge in [0.15, 0.2) is 0 Å². The molecule has 3 aromatic rings. The first-order valence-corrected chi connectivity index (χ1v) is 9.63. The zero-order valence-electron chi connectivity index (χ0n) is 14.7. The second kappa shape index (κ2) is 6.50. The lowest BCUT2D eigenvalue weighted by atomic mass is 9.91. The Morgan fingerprint density at radius 2 is 1.67 bits per heavy atom. The maximum atomic E-state index is 13.1. The Kier molecular flexibility index (Phi) is 3.97. The normalized spacial score (nSPS) is 21.7. The van der Waals surface area contributed by atoms with Gasteiger partial charge in [0, 0.05) is 10.9 Å². The molecule has 5 nitrogen and oxygen atoms in total. The standard InChI is InChI=1S/C21H19ClN4O/c22-17-10-8-15(9-11-17)19-12-18(14-4-2-1-3-5-14)25(20(27)16-6-7-16)21-23-13-24-26(19)21/h1-5,8-11,13,16,18-19H,6-7,12H2/t18-,19-/m1/s1. The molecule has 0 unspecified atom stereocenters. The molecule has 1 saturated carbocycles. The number of benzene rings is 2. The summed E-state index contributed by atoms with van der Waals surface area (Å²) in [4.78, 5) is 19.5. The molecule has 2 aromatic carbocycles. The van der Waals surface area contributed by atoms with E-state index in [4.69, 9.17) is 11.6 Å². The van der Waals surface area contributed by atoms with Crippen molar-refractivity contribution in [2.45, 2.75) is 31.3 Å². The van der Waals surface area contributed by atoms with E-state index in [9.17, 15) is 4.79 Å². The van der Waals surface area contributed by atoms with Gasteiger partial charge in [0.2, 0.25) is 11.9 Å². The van der Waals surface area contributed by atoms with E-state index >= 15 is 0 Å². The highest BCUT2D eigenvalue weighted by atomic mass is 35.5. The van der Waals surface area contributed by atoms with E-state index in [1.54, 1.807) is 6.33 Å². The summed E-state index contributed by atoms with van der Waals surface area (Å²) < 4.78 is 1.88. The molecule has 1 amide bonds. The number of hydrogen-bond acceptors (Lipinski definition) is 3. The third kappa shape index (κ3) is 2.92. The summed E-state index contributed by atoms with van der Waals surface area (Å²) in [6, 6.07) is 18.0. The molecule has 1 fully saturated rings. The van der Waals surface area contributed by atoms with E-state index in [2.05, 4.69) is 22.2 Å². The number of amides is 1. The van der Waals surface area contributed by atoms with Gasteiger partial charge in [0.25, 0.3) is 0 Å². The molecule has 27 heavy (non-hydrogen) atoms. The van der Waals surface area contributed by atoms with Crippen molar-refractivity contribution < 1.29 is 4.79 Å². The third-order valence-electron chi connectivity index (χ3n) is 5.43. The van der Waals surface area contributed by atoms with Crippen molar-refractivity contribution in [2.24, 2.45) is 5.92 Å². The Hall–Kier alpha value is -2.66. The van der Waals surface area contributed by atoms with Crippen molar-refractivity contribution in [1.29, 1.82) is 0 Å². The van der Waals surface area contributed by atoms with Gasteiger partial charge in [-0.1, -0.05) is 54.1 Å².